The van der Waals surface area contributed by atoms with Crippen LogP contribution in [0.1, 0.15) is 60.0 Å². The van der Waals surface area contributed by atoms with Gasteiger partial charge >= 0.3 is 0 Å². The summed E-state index contributed by atoms with van der Waals surface area (Å²) >= 11 is 8.69. The number of hydrogen-bond donors (Lipinski definition) is 3. The van der Waals surface area contributed by atoms with E-state index in [2.05, 4.69) is 39.0 Å². The molecule has 0 radical (unpaired) electrons. The summed E-state index contributed by atoms with van der Waals surface area (Å²) in [6.07, 6.45) is 4.49. The Labute approximate surface area is 225 Å². The van der Waals surface area contributed by atoms with Gasteiger partial charge in [-0.2, -0.15) is 0 Å². The molecule has 188 valence electrons. The molecule has 2 amide bonds. The molecule has 0 unspecified atom stereocenters. The monoisotopic (exact) mass is 567 g/mol. The summed E-state index contributed by atoms with van der Waals surface area (Å²) in [5.74, 6) is -0.556. The molecule has 0 aromatic heterocycles. The first kappa shape index (κ1) is 27.4. The van der Waals surface area contributed by atoms with Crippen LogP contribution < -0.4 is 20.9 Å². The Balaban J connectivity index is 1.55. The van der Waals surface area contributed by atoms with Crippen molar-refractivity contribution in [1.29, 1.82) is 0 Å². The first-order chi connectivity index (χ1) is 17.5. The van der Waals surface area contributed by atoms with Crippen molar-refractivity contribution in [3.05, 3.63) is 100 Å². The minimum Gasteiger partial charge on any atom is -0.492 e. The predicted octanol–water partition coefficient (Wildman–Crippen LogP) is 5.88. The molecule has 3 rings (SSSR count). The third kappa shape index (κ3) is 8.17. The molecule has 0 spiro atoms. The maximum Gasteiger partial charge on any atom is 0.257 e. The lowest BCUT2D eigenvalue weighted by atomic mass is 9.91. The van der Waals surface area contributed by atoms with Crippen molar-refractivity contribution in [2.75, 3.05) is 6.61 Å². The second kappa shape index (κ2) is 14.4. The molecular formula is C28H30BrN3O3S. The summed E-state index contributed by atoms with van der Waals surface area (Å²) in [5.41, 5.74) is 7.35. The van der Waals surface area contributed by atoms with E-state index in [0.29, 0.717) is 22.4 Å². The van der Waals surface area contributed by atoms with E-state index < -0.39 is 11.8 Å². The quantitative estimate of drug-likeness (QED) is 0.162. The summed E-state index contributed by atoms with van der Waals surface area (Å²) in [7, 11) is 0. The van der Waals surface area contributed by atoms with Gasteiger partial charge in [0.2, 0.25) is 5.91 Å². The third-order valence-electron chi connectivity index (χ3n) is 5.50. The first-order valence-electron chi connectivity index (χ1n) is 11.9. The summed E-state index contributed by atoms with van der Waals surface area (Å²) < 4.78 is 6.48. The average Bonchev–Trinajstić information content (AvgIpc) is 2.89. The number of thiocarbonyl (C=S) groups is 1. The van der Waals surface area contributed by atoms with Gasteiger partial charge in [0.15, 0.2) is 5.11 Å². The molecule has 3 aromatic carbocycles. The zero-order chi connectivity index (χ0) is 25.8. The Hall–Kier alpha value is -3.23. The number of unbranched alkanes of at least 4 members (excludes halogenated alkanes) is 3. The van der Waals surface area contributed by atoms with Crippen molar-refractivity contribution in [3.8, 4) is 5.75 Å². The normalized spacial score (nSPS) is 10.5. The standard InChI is InChI=1S/C28H30BrN3O3S/c1-2-3-4-11-18-35-24-17-16-22(19-23(24)29)26(33)30-28(36)32-31-27(34)25(20-12-7-5-8-13-20)21-14-9-6-10-15-21/h5-10,12-17,19,25H,2-4,11,18H2,1H3,(H,31,34)(H2,30,32,33,36). The van der Waals surface area contributed by atoms with Gasteiger partial charge in [-0.1, -0.05) is 86.8 Å². The van der Waals surface area contributed by atoms with E-state index in [1.165, 1.54) is 12.8 Å². The summed E-state index contributed by atoms with van der Waals surface area (Å²) in [4.78, 5) is 25.7. The number of hydrogen-bond acceptors (Lipinski definition) is 4. The van der Waals surface area contributed by atoms with Gasteiger partial charge in [-0.15, -0.1) is 0 Å². The molecule has 8 heteroatoms. The number of carbonyl (C=O) groups excluding carboxylic acids is 2. The molecule has 3 aromatic rings. The molecule has 0 heterocycles. The highest BCUT2D eigenvalue weighted by Gasteiger charge is 2.22. The lowest BCUT2D eigenvalue weighted by Gasteiger charge is -2.19. The molecule has 6 nitrogen and oxygen atoms in total. The molecule has 0 aliphatic heterocycles. The zero-order valence-corrected chi connectivity index (χ0v) is 22.5. The fourth-order valence-electron chi connectivity index (χ4n) is 3.65. The van der Waals surface area contributed by atoms with E-state index in [9.17, 15) is 9.59 Å². The van der Waals surface area contributed by atoms with Gasteiger partial charge < -0.3 is 4.74 Å². The first-order valence-corrected chi connectivity index (χ1v) is 13.1. The van der Waals surface area contributed by atoms with Gasteiger partial charge in [0.1, 0.15) is 5.75 Å². The number of hydrazine groups is 1. The van der Waals surface area contributed by atoms with Gasteiger partial charge in [-0.3, -0.25) is 25.8 Å². The highest BCUT2D eigenvalue weighted by Crippen LogP contribution is 2.27. The molecular weight excluding hydrogens is 538 g/mol. The fourth-order valence-corrected chi connectivity index (χ4v) is 4.29. The molecule has 0 aliphatic carbocycles. The maximum atomic E-state index is 13.1. The minimum atomic E-state index is -0.538. The Bertz CT molecular complexity index is 1120. The van der Waals surface area contributed by atoms with Gasteiger partial charge in [-0.25, -0.2) is 0 Å². The van der Waals surface area contributed by atoms with Crippen LogP contribution in [0, 0.1) is 0 Å². The second-order valence-electron chi connectivity index (χ2n) is 8.21. The van der Waals surface area contributed by atoms with Crippen molar-refractivity contribution >= 4 is 45.1 Å². The van der Waals surface area contributed by atoms with E-state index in [0.717, 1.165) is 24.0 Å². The number of carbonyl (C=O) groups is 2. The summed E-state index contributed by atoms with van der Waals surface area (Å²) in [6, 6.07) is 24.0. The van der Waals surface area contributed by atoms with E-state index >= 15 is 0 Å². The molecule has 0 saturated heterocycles. The number of amides is 2. The number of halogens is 1. The van der Waals surface area contributed by atoms with Gasteiger partial charge in [0, 0.05) is 5.56 Å². The fraction of sp³-hybridized carbons (Fsp3) is 0.250. The average molecular weight is 569 g/mol. The highest BCUT2D eigenvalue weighted by atomic mass is 79.9. The molecule has 0 fully saturated rings. The van der Waals surface area contributed by atoms with E-state index in [-0.39, 0.29) is 11.0 Å². The van der Waals surface area contributed by atoms with Crippen LogP contribution in [0.3, 0.4) is 0 Å². The van der Waals surface area contributed by atoms with Gasteiger partial charge in [0.05, 0.1) is 17.0 Å². The Kier molecular flexibility index (Phi) is 10.9. The van der Waals surface area contributed by atoms with E-state index in [1.54, 1.807) is 18.2 Å². The topological polar surface area (TPSA) is 79.5 Å². The highest BCUT2D eigenvalue weighted by molar-refractivity contribution is 9.10. The lowest BCUT2D eigenvalue weighted by Crippen LogP contribution is -2.49. The van der Waals surface area contributed by atoms with E-state index in [4.69, 9.17) is 17.0 Å². The van der Waals surface area contributed by atoms with Gasteiger partial charge in [-0.05, 0) is 63.9 Å². The van der Waals surface area contributed by atoms with Crippen LogP contribution in [0.15, 0.2) is 83.3 Å². The third-order valence-corrected chi connectivity index (χ3v) is 6.33. The smallest absolute Gasteiger partial charge is 0.257 e. The summed E-state index contributed by atoms with van der Waals surface area (Å²) in [5, 5.41) is 2.57. The molecule has 36 heavy (non-hydrogen) atoms. The Morgan fingerprint density at radius 2 is 1.53 bits per heavy atom. The zero-order valence-electron chi connectivity index (χ0n) is 20.1. The molecule has 0 aliphatic rings. The van der Waals surface area contributed by atoms with Crippen LogP contribution in [0.25, 0.3) is 0 Å². The molecule has 0 atom stereocenters. The van der Waals surface area contributed by atoms with Crippen molar-refractivity contribution in [1.82, 2.24) is 16.2 Å². The molecule has 0 bridgehead atoms. The van der Waals surface area contributed by atoms with E-state index in [1.807, 2.05) is 60.7 Å². The van der Waals surface area contributed by atoms with Crippen LogP contribution in [-0.2, 0) is 4.79 Å². The maximum absolute atomic E-state index is 13.1. The van der Waals surface area contributed by atoms with Crippen LogP contribution >= 0.6 is 28.1 Å². The minimum absolute atomic E-state index is 0.0133. The predicted molar refractivity (Wildman–Crippen MR) is 150 cm³/mol. The van der Waals surface area contributed by atoms with Crippen molar-refractivity contribution < 1.29 is 14.3 Å². The second-order valence-corrected chi connectivity index (χ2v) is 9.47. The largest absolute Gasteiger partial charge is 0.492 e. The van der Waals surface area contributed by atoms with Crippen LogP contribution in [0.5, 0.6) is 5.75 Å². The summed E-state index contributed by atoms with van der Waals surface area (Å²) in [6.45, 7) is 2.80. The molecule has 0 saturated carbocycles. The van der Waals surface area contributed by atoms with Crippen molar-refractivity contribution in [2.45, 2.75) is 38.5 Å². The van der Waals surface area contributed by atoms with Crippen LogP contribution in [0.2, 0.25) is 0 Å². The van der Waals surface area contributed by atoms with Gasteiger partial charge in [0.25, 0.3) is 5.91 Å². The molecule has 3 N–H and O–H groups in total. The van der Waals surface area contributed by atoms with Crippen molar-refractivity contribution in [2.24, 2.45) is 0 Å². The number of nitrogens with one attached hydrogen (secondary N) is 3. The van der Waals surface area contributed by atoms with Crippen molar-refractivity contribution in [3.63, 3.8) is 0 Å². The number of ether oxygens (including phenoxy) is 1. The number of rotatable bonds is 10. The Morgan fingerprint density at radius 3 is 2.11 bits per heavy atom. The van der Waals surface area contributed by atoms with Crippen LogP contribution in [-0.4, -0.2) is 23.5 Å². The Morgan fingerprint density at radius 1 is 0.889 bits per heavy atom. The SMILES string of the molecule is CCCCCCOc1ccc(C(=O)NC(=S)NNC(=O)C(c2ccccc2)c2ccccc2)cc1Br. The van der Waals surface area contributed by atoms with Crippen LogP contribution in [0.4, 0.5) is 0 Å². The number of benzene rings is 3. The lowest BCUT2D eigenvalue weighted by molar-refractivity contribution is -0.122.